The predicted molar refractivity (Wildman–Crippen MR) is 41.6 cm³/mol. The molecule has 0 aromatic carbocycles. The molecule has 0 amide bonds. The van der Waals surface area contributed by atoms with E-state index >= 15 is 0 Å². The van der Waals surface area contributed by atoms with Crippen molar-refractivity contribution in [2.24, 2.45) is 0 Å². The third-order valence-electron chi connectivity index (χ3n) is 1.53. The quantitative estimate of drug-likeness (QED) is 0.443. The van der Waals surface area contributed by atoms with E-state index in [0.717, 1.165) is 0 Å². The van der Waals surface area contributed by atoms with Crippen molar-refractivity contribution in [1.82, 2.24) is 20.3 Å². The topological polar surface area (TPSA) is 96.4 Å². The first-order valence-electron chi connectivity index (χ1n) is 3.37. The standard InChI is InChI=1S/C5H7N7/c1-7-12-5-3(10-11-12)4(6)8-2-9-5/h2,7H,1H3,(H2,6,8,9,11)/p+1. The number of hydrogen-bond acceptors (Lipinski definition) is 5. The molecule has 2 aromatic rings. The zero-order valence-electron chi connectivity index (χ0n) is 6.44. The first kappa shape index (κ1) is 6.77. The van der Waals surface area contributed by atoms with Gasteiger partial charge in [-0.15, -0.1) is 0 Å². The lowest BCUT2D eigenvalue weighted by atomic mass is 10.5. The molecule has 0 bridgehead atoms. The molecule has 2 heterocycles. The van der Waals surface area contributed by atoms with Gasteiger partial charge in [0.15, 0.2) is 12.1 Å². The Balaban J connectivity index is 2.80. The van der Waals surface area contributed by atoms with Crippen molar-refractivity contribution in [1.29, 1.82) is 0 Å². The van der Waals surface area contributed by atoms with Crippen LogP contribution in [0.25, 0.3) is 11.2 Å². The van der Waals surface area contributed by atoms with E-state index in [-0.39, 0.29) is 0 Å². The van der Waals surface area contributed by atoms with Crippen molar-refractivity contribution in [2.45, 2.75) is 0 Å². The van der Waals surface area contributed by atoms with Crippen molar-refractivity contribution in [3.05, 3.63) is 6.33 Å². The van der Waals surface area contributed by atoms with Gasteiger partial charge < -0.3 is 5.73 Å². The number of hydrogen-bond donors (Lipinski definition) is 3. The van der Waals surface area contributed by atoms with Gasteiger partial charge in [0.1, 0.15) is 0 Å². The largest absolute Gasteiger partial charge is 0.380 e. The summed E-state index contributed by atoms with van der Waals surface area (Å²) in [5, 5.41) is 6.59. The number of anilines is 1. The highest BCUT2D eigenvalue weighted by Crippen LogP contribution is 2.06. The van der Waals surface area contributed by atoms with E-state index in [0.29, 0.717) is 17.0 Å². The average Bonchev–Trinajstić information content (AvgIpc) is 2.49. The van der Waals surface area contributed by atoms with Crippen molar-refractivity contribution in [3.8, 4) is 0 Å². The smallest absolute Gasteiger partial charge is 0.353 e. The Kier molecular flexibility index (Phi) is 1.29. The minimum absolute atomic E-state index is 0.366. The number of nitrogen functional groups attached to an aromatic ring is 1. The van der Waals surface area contributed by atoms with Crippen molar-refractivity contribution in [3.63, 3.8) is 0 Å². The Labute approximate surface area is 67.6 Å². The molecule has 0 aliphatic rings. The minimum Gasteiger partial charge on any atom is -0.380 e. The Morgan fingerprint density at radius 1 is 1.58 bits per heavy atom. The van der Waals surface area contributed by atoms with E-state index in [4.69, 9.17) is 5.73 Å². The highest BCUT2D eigenvalue weighted by atomic mass is 15.6. The van der Waals surface area contributed by atoms with Crippen LogP contribution in [0.4, 0.5) is 5.82 Å². The highest BCUT2D eigenvalue weighted by molar-refractivity contribution is 5.77. The Morgan fingerprint density at radius 3 is 3.17 bits per heavy atom. The van der Waals surface area contributed by atoms with Crippen LogP contribution < -0.4 is 16.0 Å². The van der Waals surface area contributed by atoms with Crippen LogP contribution in [0.2, 0.25) is 0 Å². The van der Waals surface area contributed by atoms with Crippen LogP contribution in [-0.2, 0) is 0 Å². The molecule has 0 unspecified atom stereocenters. The van der Waals surface area contributed by atoms with Crippen LogP contribution in [0.15, 0.2) is 6.33 Å². The first-order valence-corrected chi connectivity index (χ1v) is 3.37. The summed E-state index contributed by atoms with van der Waals surface area (Å²) in [7, 11) is 1.75. The van der Waals surface area contributed by atoms with Gasteiger partial charge in [-0.1, -0.05) is 15.0 Å². The van der Waals surface area contributed by atoms with Crippen molar-refractivity contribution in [2.75, 3.05) is 18.2 Å². The maximum Gasteiger partial charge on any atom is 0.353 e. The molecular formula is C5H8N7+. The lowest BCUT2D eigenvalue weighted by molar-refractivity contribution is -0.685. The van der Waals surface area contributed by atoms with Gasteiger partial charge in [-0.05, 0) is 5.10 Å². The van der Waals surface area contributed by atoms with E-state index in [1.165, 1.54) is 6.33 Å². The van der Waals surface area contributed by atoms with Crippen LogP contribution in [0, 0.1) is 0 Å². The molecule has 0 aliphatic heterocycles. The third-order valence-corrected chi connectivity index (χ3v) is 1.53. The monoisotopic (exact) mass is 166 g/mol. The van der Waals surface area contributed by atoms with E-state index in [1.54, 1.807) is 11.8 Å². The summed E-state index contributed by atoms with van der Waals surface area (Å²) in [5.74, 6) is 0.366. The number of nitrogens with one attached hydrogen (secondary N) is 2. The van der Waals surface area contributed by atoms with Crippen LogP contribution >= 0.6 is 0 Å². The summed E-state index contributed by atoms with van der Waals surface area (Å²) >= 11 is 0. The lowest BCUT2D eigenvalue weighted by Crippen LogP contribution is -2.45. The average molecular weight is 166 g/mol. The number of aromatic nitrogens is 5. The maximum atomic E-state index is 5.55. The fraction of sp³-hybridized carbons (Fsp3) is 0.200. The fourth-order valence-electron chi connectivity index (χ4n) is 0.957. The zero-order valence-corrected chi connectivity index (χ0v) is 6.44. The van der Waals surface area contributed by atoms with Crippen LogP contribution in [0.3, 0.4) is 0 Å². The third kappa shape index (κ3) is 0.760. The summed E-state index contributed by atoms with van der Waals surface area (Å²) in [6, 6.07) is 0. The predicted octanol–water partition coefficient (Wildman–Crippen LogP) is -1.60. The Morgan fingerprint density at radius 2 is 2.42 bits per heavy atom. The molecule has 2 aromatic heterocycles. The maximum absolute atomic E-state index is 5.55. The summed E-state index contributed by atoms with van der Waals surface area (Å²) in [6.45, 7) is 0. The molecule has 0 radical (unpaired) electrons. The molecule has 2 rings (SSSR count). The van der Waals surface area contributed by atoms with Gasteiger partial charge in [0.2, 0.25) is 0 Å². The molecule has 0 saturated heterocycles. The molecule has 12 heavy (non-hydrogen) atoms. The molecule has 0 aliphatic carbocycles. The normalized spacial score (nSPS) is 10.4. The number of fused-ring (bicyclic) bond motifs is 1. The van der Waals surface area contributed by atoms with E-state index < -0.39 is 0 Å². The second-order valence-electron chi connectivity index (χ2n) is 2.20. The minimum atomic E-state index is 0.366. The lowest BCUT2D eigenvalue weighted by Gasteiger charge is -1.89. The van der Waals surface area contributed by atoms with Gasteiger partial charge in [-0.2, -0.15) is 4.98 Å². The van der Waals surface area contributed by atoms with Crippen LogP contribution in [-0.4, -0.2) is 27.3 Å². The SMILES string of the molecule is CN[n+]1[nH]nc2c(N)ncnc21. The Hall–Kier alpha value is -1.92. The van der Waals surface area contributed by atoms with E-state index in [1.807, 2.05) is 0 Å². The molecule has 7 heteroatoms. The second-order valence-corrected chi connectivity index (χ2v) is 2.20. The van der Waals surface area contributed by atoms with Crippen molar-refractivity contribution >= 4 is 17.0 Å². The van der Waals surface area contributed by atoms with Gasteiger partial charge >= 0.3 is 5.65 Å². The Bertz CT molecular complexity index is 405. The summed E-state index contributed by atoms with van der Waals surface area (Å²) in [6.07, 6.45) is 1.39. The van der Waals surface area contributed by atoms with Gasteiger partial charge in [0.25, 0.3) is 5.52 Å². The zero-order chi connectivity index (χ0) is 8.55. The van der Waals surface area contributed by atoms with Gasteiger partial charge in [-0.25, -0.2) is 0 Å². The van der Waals surface area contributed by atoms with E-state index in [9.17, 15) is 0 Å². The molecule has 0 fully saturated rings. The summed E-state index contributed by atoms with van der Waals surface area (Å²) < 4.78 is 0. The molecule has 0 atom stereocenters. The number of nitrogens with two attached hydrogens (primary N) is 1. The molecule has 7 nitrogen and oxygen atoms in total. The summed E-state index contributed by atoms with van der Waals surface area (Å²) in [5.41, 5.74) is 9.57. The summed E-state index contributed by atoms with van der Waals surface area (Å²) in [4.78, 5) is 9.34. The fourth-order valence-corrected chi connectivity index (χ4v) is 0.957. The van der Waals surface area contributed by atoms with Gasteiger partial charge in [0.05, 0.1) is 0 Å². The second kappa shape index (κ2) is 2.29. The molecule has 0 spiro atoms. The van der Waals surface area contributed by atoms with Gasteiger partial charge in [-0.3, -0.25) is 5.43 Å². The number of aromatic amines is 1. The number of H-pyrrole nitrogens is 1. The number of nitrogens with zero attached hydrogens (tertiary/aromatic N) is 4. The van der Waals surface area contributed by atoms with E-state index in [2.05, 4.69) is 25.7 Å². The first-order chi connectivity index (χ1) is 5.83. The molecule has 4 N–H and O–H groups in total. The van der Waals surface area contributed by atoms with Crippen molar-refractivity contribution < 1.29 is 4.79 Å². The molecule has 62 valence electrons. The van der Waals surface area contributed by atoms with Gasteiger partial charge in [0, 0.05) is 7.05 Å². The molecule has 0 saturated carbocycles. The van der Waals surface area contributed by atoms with Crippen LogP contribution in [0.5, 0.6) is 0 Å². The number of rotatable bonds is 1. The van der Waals surface area contributed by atoms with Crippen LogP contribution in [0.1, 0.15) is 0 Å². The molecular weight excluding hydrogens is 158 g/mol. The highest BCUT2D eigenvalue weighted by Gasteiger charge is 2.15.